The van der Waals surface area contributed by atoms with Gasteiger partial charge in [0.2, 0.25) is 5.78 Å². The zero-order chi connectivity index (χ0) is 18.0. The molecule has 0 aliphatic rings. The number of carbonyl (C=O) groups is 2. The Morgan fingerprint density at radius 1 is 1.16 bits per heavy atom. The van der Waals surface area contributed by atoms with Crippen LogP contribution >= 0.6 is 11.3 Å². The summed E-state index contributed by atoms with van der Waals surface area (Å²) in [5.41, 5.74) is -0.900. The maximum atomic E-state index is 12.0. The molecule has 0 radical (unpaired) electrons. The minimum absolute atomic E-state index is 0.292. The molecule has 2 aromatic heterocycles. The molecule has 0 amide bonds. The highest BCUT2D eigenvalue weighted by molar-refractivity contribution is 7.14. The summed E-state index contributed by atoms with van der Waals surface area (Å²) in [6.07, 6.45) is 0. The third-order valence-electron chi connectivity index (χ3n) is 3.57. The van der Waals surface area contributed by atoms with Gasteiger partial charge in [-0.15, -0.1) is 11.3 Å². The molecular formula is C17H14N2O5S. The van der Waals surface area contributed by atoms with Crippen molar-refractivity contribution in [2.24, 2.45) is 0 Å². The zero-order valence-corrected chi connectivity index (χ0v) is 14.1. The first-order valence-electron chi connectivity index (χ1n) is 7.43. The maximum absolute atomic E-state index is 12.0. The lowest BCUT2D eigenvalue weighted by atomic mass is 10.2. The topological polar surface area (TPSA) is 98.2 Å². The Labute approximate surface area is 145 Å². The average molecular weight is 358 g/mol. The molecule has 0 saturated heterocycles. The second kappa shape index (κ2) is 6.86. The van der Waals surface area contributed by atoms with Crippen LogP contribution in [0.5, 0.6) is 0 Å². The van der Waals surface area contributed by atoms with E-state index in [0.717, 1.165) is 9.44 Å². The van der Waals surface area contributed by atoms with E-state index in [-0.39, 0.29) is 5.78 Å². The number of nitrogens with zero attached hydrogens (tertiary/aromatic N) is 1. The van der Waals surface area contributed by atoms with Crippen LogP contribution in [0.25, 0.3) is 10.9 Å². The van der Waals surface area contributed by atoms with Gasteiger partial charge in [0, 0.05) is 4.88 Å². The highest BCUT2D eigenvalue weighted by Crippen LogP contribution is 2.15. The monoisotopic (exact) mass is 358 g/mol. The summed E-state index contributed by atoms with van der Waals surface area (Å²) in [5.74, 6) is -1.04. The van der Waals surface area contributed by atoms with Gasteiger partial charge >= 0.3 is 11.7 Å². The van der Waals surface area contributed by atoms with Crippen molar-refractivity contribution in [2.45, 2.75) is 13.5 Å². The third-order valence-corrected chi connectivity index (χ3v) is 4.61. The van der Waals surface area contributed by atoms with Crippen LogP contribution in [0.4, 0.5) is 0 Å². The summed E-state index contributed by atoms with van der Waals surface area (Å²) in [6.45, 7) is 1.09. The van der Waals surface area contributed by atoms with Gasteiger partial charge in [-0.2, -0.15) is 0 Å². The minimum atomic E-state index is -0.735. The number of nitrogens with one attached hydrogen (secondary N) is 1. The highest BCUT2D eigenvalue weighted by Gasteiger charge is 2.14. The van der Waals surface area contributed by atoms with Crippen molar-refractivity contribution in [3.05, 3.63) is 67.0 Å². The van der Waals surface area contributed by atoms with Crippen LogP contribution in [-0.4, -0.2) is 27.9 Å². The number of thiophene rings is 1. The molecule has 0 saturated carbocycles. The third kappa shape index (κ3) is 3.58. The number of ketones is 1. The Morgan fingerprint density at radius 2 is 1.92 bits per heavy atom. The second-order valence-electron chi connectivity index (χ2n) is 5.36. The standard InChI is InChI=1S/C17H14N2O5S/c1-10-6-7-14(25-10)13(20)9-24-15(21)8-19-12-5-3-2-4-11(12)16(22)18-17(19)23/h2-7H,8-9H2,1H3,(H,18,22,23). The van der Waals surface area contributed by atoms with E-state index in [4.69, 9.17) is 4.74 Å². The lowest BCUT2D eigenvalue weighted by Crippen LogP contribution is -2.33. The van der Waals surface area contributed by atoms with Gasteiger partial charge in [0.25, 0.3) is 5.56 Å². The molecular weight excluding hydrogens is 344 g/mol. The fourth-order valence-electron chi connectivity index (χ4n) is 2.38. The molecule has 128 valence electrons. The molecule has 0 aliphatic carbocycles. The number of hydrogen-bond donors (Lipinski definition) is 1. The van der Waals surface area contributed by atoms with Crippen molar-refractivity contribution in [1.82, 2.24) is 9.55 Å². The molecule has 0 fully saturated rings. The number of rotatable bonds is 5. The molecule has 1 N–H and O–H groups in total. The summed E-state index contributed by atoms with van der Waals surface area (Å²) < 4.78 is 6.08. The number of aryl methyl sites for hydroxylation is 1. The van der Waals surface area contributed by atoms with Crippen molar-refractivity contribution in [3.63, 3.8) is 0 Å². The van der Waals surface area contributed by atoms with Crippen LogP contribution in [0.15, 0.2) is 46.0 Å². The van der Waals surface area contributed by atoms with Gasteiger partial charge in [0.15, 0.2) is 6.61 Å². The summed E-state index contributed by atoms with van der Waals surface area (Å²) in [5, 5.41) is 0.292. The molecule has 7 nitrogen and oxygen atoms in total. The van der Waals surface area contributed by atoms with E-state index in [9.17, 15) is 19.2 Å². The molecule has 0 atom stereocenters. The van der Waals surface area contributed by atoms with Gasteiger partial charge in [-0.3, -0.25) is 23.9 Å². The van der Waals surface area contributed by atoms with Gasteiger partial charge in [-0.1, -0.05) is 12.1 Å². The highest BCUT2D eigenvalue weighted by atomic mass is 32.1. The molecule has 8 heteroatoms. The van der Waals surface area contributed by atoms with Gasteiger partial charge in [0.05, 0.1) is 15.8 Å². The van der Waals surface area contributed by atoms with Crippen LogP contribution in [0.2, 0.25) is 0 Å². The fraction of sp³-hybridized carbons (Fsp3) is 0.176. The number of hydrogen-bond acceptors (Lipinski definition) is 6. The first kappa shape index (κ1) is 16.8. The van der Waals surface area contributed by atoms with Crippen molar-refractivity contribution < 1.29 is 14.3 Å². The molecule has 0 aliphatic heterocycles. The largest absolute Gasteiger partial charge is 0.456 e. The summed E-state index contributed by atoms with van der Waals surface area (Å²) >= 11 is 1.32. The van der Waals surface area contributed by atoms with E-state index in [1.165, 1.54) is 11.3 Å². The van der Waals surface area contributed by atoms with E-state index in [1.807, 2.05) is 13.0 Å². The number of ether oxygens (including phenoxy) is 1. The number of carbonyl (C=O) groups excluding carboxylic acids is 2. The van der Waals surface area contributed by atoms with Crippen molar-refractivity contribution in [1.29, 1.82) is 0 Å². The molecule has 3 aromatic rings. The van der Waals surface area contributed by atoms with E-state index in [2.05, 4.69) is 4.98 Å². The number of benzene rings is 1. The molecule has 0 unspecified atom stereocenters. The molecule has 2 heterocycles. The number of aromatic amines is 1. The molecule has 25 heavy (non-hydrogen) atoms. The lowest BCUT2D eigenvalue weighted by Gasteiger charge is -2.09. The normalized spacial score (nSPS) is 10.8. The maximum Gasteiger partial charge on any atom is 0.329 e. The Morgan fingerprint density at radius 3 is 2.64 bits per heavy atom. The zero-order valence-electron chi connectivity index (χ0n) is 13.3. The van der Waals surface area contributed by atoms with Crippen LogP contribution in [-0.2, 0) is 16.1 Å². The molecule has 3 rings (SSSR count). The van der Waals surface area contributed by atoms with E-state index in [1.54, 1.807) is 30.3 Å². The minimum Gasteiger partial charge on any atom is -0.456 e. The summed E-state index contributed by atoms with van der Waals surface area (Å²) in [6, 6.07) is 9.93. The SMILES string of the molecule is Cc1ccc(C(=O)COC(=O)Cn2c(=O)[nH]c(=O)c3ccccc32)s1. The Kier molecular flexibility index (Phi) is 4.62. The van der Waals surface area contributed by atoms with Crippen molar-refractivity contribution in [2.75, 3.05) is 6.61 Å². The van der Waals surface area contributed by atoms with Crippen molar-refractivity contribution >= 4 is 34.0 Å². The number of esters is 1. The molecule has 0 bridgehead atoms. The van der Waals surface area contributed by atoms with E-state index < -0.39 is 30.4 Å². The Bertz CT molecular complexity index is 1080. The number of H-pyrrole nitrogens is 1. The number of fused-ring (bicyclic) bond motifs is 1. The van der Waals surface area contributed by atoms with Crippen LogP contribution in [0, 0.1) is 6.92 Å². The predicted octanol–water partition coefficient (Wildman–Crippen LogP) is 1.49. The van der Waals surface area contributed by atoms with E-state index in [0.29, 0.717) is 15.8 Å². The Balaban J connectivity index is 1.75. The Hall–Kier alpha value is -3.00. The van der Waals surface area contributed by atoms with Gasteiger partial charge in [-0.25, -0.2) is 4.79 Å². The predicted molar refractivity (Wildman–Crippen MR) is 93.2 cm³/mol. The van der Waals surface area contributed by atoms with Gasteiger partial charge in [-0.05, 0) is 31.2 Å². The number of para-hydroxylation sites is 1. The first-order chi connectivity index (χ1) is 12.0. The quantitative estimate of drug-likeness (QED) is 0.550. The van der Waals surface area contributed by atoms with Crippen LogP contribution in [0.3, 0.4) is 0 Å². The first-order valence-corrected chi connectivity index (χ1v) is 8.24. The number of aromatic nitrogens is 2. The van der Waals surface area contributed by atoms with E-state index >= 15 is 0 Å². The molecule has 0 spiro atoms. The smallest absolute Gasteiger partial charge is 0.329 e. The van der Waals surface area contributed by atoms with Crippen LogP contribution in [0.1, 0.15) is 14.5 Å². The fourth-order valence-corrected chi connectivity index (χ4v) is 3.17. The van der Waals surface area contributed by atoms with Gasteiger partial charge < -0.3 is 4.74 Å². The second-order valence-corrected chi connectivity index (χ2v) is 6.64. The average Bonchev–Trinajstić information content (AvgIpc) is 3.03. The summed E-state index contributed by atoms with van der Waals surface area (Å²) in [7, 11) is 0. The molecule has 1 aromatic carbocycles. The lowest BCUT2D eigenvalue weighted by molar-refractivity contribution is -0.143. The number of Topliss-reactive ketones (excluding diaryl/α,β-unsaturated/α-hetero) is 1. The van der Waals surface area contributed by atoms with Crippen LogP contribution < -0.4 is 11.2 Å². The van der Waals surface area contributed by atoms with Gasteiger partial charge in [0.1, 0.15) is 6.54 Å². The summed E-state index contributed by atoms with van der Waals surface area (Å²) in [4.78, 5) is 51.4. The van der Waals surface area contributed by atoms with Crippen molar-refractivity contribution in [3.8, 4) is 0 Å².